The average molecular weight is 276 g/mol. The van der Waals surface area contributed by atoms with Gasteiger partial charge >= 0.3 is 0 Å². The van der Waals surface area contributed by atoms with Crippen LogP contribution in [0, 0.1) is 5.41 Å². The minimum atomic E-state index is -0.297. The SMILES string of the molecule is NCC1(C(=O)N2CCSc3ccccc32)CCCC1. The summed E-state index contributed by atoms with van der Waals surface area (Å²) < 4.78 is 0. The lowest BCUT2D eigenvalue weighted by atomic mass is 9.84. The van der Waals surface area contributed by atoms with Crippen molar-refractivity contribution in [3.63, 3.8) is 0 Å². The zero-order chi connectivity index (χ0) is 13.3. The van der Waals surface area contributed by atoms with Crippen LogP contribution in [0.5, 0.6) is 0 Å². The third kappa shape index (κ3) is 2.17. The molecule has 0 spiro atoms. The number of nitrogens with zero attached hydrogens (tertiary/aromatic N) is 1. The molecule has 3 rings (SSSR count). The second kappa shape index (κ2) is 5.17. The van der Waals surface area contributed by atoms with E-state index >= 15 is 0 Å². The third-order valence-electron chi connectivity index (χ3n) is 4.38. The number of para-hydroxylation sites is 1. The number of carbonyl (C=O) groups is 1. The molecule has 0 saturated heterocycles. The van der Waals surface area contributed by atoms with Crippen molar-refractivity contribution < 1.29 is 4.79 Å². The summed E-state index contributed by atoms with van der Waals surface area (Å²) in [7, 11) is 0. The normalized spacial score (nSPS) is 21.2. The van der Waals surface area contributed by atoms with E-state index in [0.29, 0.717) is 6.54 Å². The van der Waals surface area contributed by atoms with Gasteiger partial charge in [0, 0.05) is 23.7 Å². The van der Waals surface area contributed by atoms with Gasteiger partial charge in [-0.1, -0.05) is 25.0 Å². The third-order valence-corrected chi connectivity index (χ3v) is 5.42. The molecule has 4 heteroatoms. The number of carbonyl (C=O) groups excluding carboxylic acids is 1. The van der Waals surface area contributed by atoms with E-state index in [1.165, 1.54) is 4.90 Å². The van der Waals surface area contributed by atoms with Crippen LogP contribution in [-0.2, 0) is 4.79 Å². The Kier molecular flexibility index (Phi) is 3.54. The second-order valence-electron chi connectivity index (χ2n) is 5.46. The first-order valence-electron chi connectivity index (χ1n) is 7.01. The predicted molar refractivity (Wildman–Crippen MR) is 79.5 cm³/mol. The van der Waals surface area contributed by atoms with Crippen LogP contribution in [0.2, 0.25) is 0 Å². The predicted octanol–water partition coefficient (Wildman–Crippen LogP) is 2.64. The van der Waals surface area contributed by atoms with Crippen LogP contribution < -0.4 is 10.6 Å². The minimum absolute atomic E-state index is 0.250. The van der Waals surface area contributed by atoms with Crippen LogP contribution in [0.1, 0.15) is 25.7 Å². The van der Waals surface area contributed by atoms with Gasteiger partial charge in [-0.05, 0) is 25.0 Å². The molecule has 2 N–H and O–H groups in total. The number of rotatable bonds is 2. The molecule has 1 saturated carbocycles. The summed E-state index contributed by atoms with van der Waals surface area (Å²) >= 11 is 1.83. The van der Waals surface area contributed by atoms with Gasteiger partial charge in [-0.25, -0.2) is 0 Å². The molecular weight excluding hydrogens is 256 g/mol. The summed E-state index contributed by atoms with van der Waals surface area (Å²) in [5, 5.41) is 0. The van der Waals surface area contributed by atoms with Crippen LogP contribution in [0.3, 0.4) is 0 Å². The van der Waals surface area contributed by atoms with E-state index in [0.717, 1.165) is 43.7 Å². The molecule has 1 aromatic rings. The summed E-state index contributed by atoms with van der Waals surface area (Å²) in [5.74, 6) is 1.23. The molecule has 0 aromatic heterocycles. The lowest BCUT2D eigenvalue weighted by Crippen LogP contribution is -2.48. The van der Waals surface area contributed by atoms with E-state index in [4.69, 9.17) is 5.73 Å². The van der Waals surface area contributed by atoms with Crippen LogP contribution in [-0.4, -0.2) is 24.7 Å². The first kappa shape index (κ1) is 13.0. The molecule has 1 amide bonds. The average Bonchev–Trinajstić information content (AvgIpc) is 2.96. The Hall–Kier alpha value is -1.00. The molecule has 0 atom stereocenters. The first-order valence-corrected chi connectivity index (χ1v) is 7.99. The molecule has 19 heavy (non-hydrogen) atoms. The lowest BCUT2D eigenvalue weighted by molar-refractivity contribution is -0.127. The lowest BCUT2D eigenvalue weighted by Gasteiger charge is -2.36. The van der Waals surface area contributed by atoms with Crippen molar-refractivity contribution >= 4 is 23.4 Å². The Balaban J connectivity index is 1.93. The summed E-state index contributed by atoms with van der Waals surface area (Å²) in [6.07, 6.45) is 4.17. The van der Waals surface area contributed by atoms with Gasteiger partial charge in [-0.15, -0.1) is 11.8 Å². The second-order valence-corrected chi connectivity index (χ2v) is 6.60. The molecule has 1 heterocycles. The largest absolute Gasteiger partial charge is 0.329 e. The molecule has 1 aliphatic carbocycles. The quantitative estimate of drug-likeness (QED) is 0.903. The van der Waals surface area contributed by atoms with Gasteiger partial charge in [0.1, 0.15) is 0 Å². The fraction of sp³-hybridized carbons (Fsp3) is 0.533. The number of hydrogen-bond donors (Lipinski definition) is 1. The Morgan fingerprint density at radius 3 is 2.79 bits per heavy atom. The number of hydrogen-bond acceptors (Lipinski definition) is 3. The number of thioether (sulfide) groups is 1. The van der Waals surface area contributed by atoms with E-state index in [9.17, 15) is 4.79 Å². The van der Waals surface area contributed by atoms with Crippen molar-refractivity contribution in [3.8, 4) is 0 Å². The Labute approximate surface area is 118 Å². The number of amides is 1. The summed E-state index contributed by atoms with van der Waals surface area (Å²) in [4.78, 5) is 16.1. The Bertz CT molecular complexity index is 483. The van der Waals surface area contributed by atoms with Crippen LogP contribution in [0.4, 0.5) is 5.69 Å². The van der Waals surface area contributed by atoms with Gasteiger partial charge in [-0.3, -0.25) is 4.79 Å². The van der Waals surface area contributed by atoms with E-state index in [2.05, 4.69) is 12.1 Å². The number of benzene rings is 1. The van der Waals surface area contributed by atoms with Gasteiger partial charge in [0.05, 0.1) is 11.1 Å². The van der Waals surface area contributed by atoms with Gasteiger partial charge in [0.2, 0.25) is 5.91 Å². The van der Waals surface area contributed by atoms with Gasteiger partial charge in [0.25, 0.3) is 0 Å². The van der Waals surface area contributed by atoms with E-state index in [-0.39, 0.29) is 11.3 Å². The zero-order valence-electron chi connectivity index (χ0n) is 11.1. The highest BCUT2D eigenvalue weighted by molar-refractivity contribution is 7.99. The van der Waals surface area contributed by atoms with E-state index in [1.54, 1.807) is 0 Å². The van der Waals surface area contributed by atoms with Crippen molar-refractivity contribution in [1.29, 1.82) is 0 Å². The minimum Gasteiger partial charge on any atom is -0.329 e. The van der Waals surface area contributed by atoms with Crippen LogP contribution in [0.25, 0.3) is 0 Å². The summed E-state index contributed by atoms with van der Waals surface area (Å²) in [6, 6.07) is 8.20. The highest BCUT2D eigenvalue weighted by Crippen LogP contribution is 2.42. The van der Waals surface area contributed by atoms with Crippen molar-refractivity contribution in [2.45, 2.75) is 30.6 Å². The number of nitrogens with two attached hydrogens (primary N) is 1. The molecule has 1 fully saturated rings. The zero-order valence-corrected chi connectivity index (χ0v) is 11.9. The van der Waals surface area contributed by atoms with Crippen LogP contribution >= 0.6 is 11.8 Å². The molecule has 0 bridgehead atoms. The highest BCUT2D eigenvalue weighted by Gasteiger charge is 2.43. The molecule has 1 aliphatic heterocycles. The monoisotopic (exact) mass is 276 g/mol. The molecule has 0 unspecified atom stereocenters. The fourth-order valence-electron chi connectivity index (χ4n) is 3.22. The molecule has 102 valence electrons. The molecule has 1 aromatic carbocycles. The molecule has 3 nitrogen and oxygen atoms in total. The van der Waals surface area contributed by atoms with Crippen LogP contribution in [0.15, 0.2) is 29.2 Å². The van der Waals surface area contributed by atoms with Gasteiger partial charge in [0.15, 0.2) is 0 Å². The van der Waals surface area contributed by atoms with Gasteiger partial charge in [-0.2, -0.15) is 0 Å². The van der Waals surface area contributed by atoms with Crippen molar-refractivity contribution in [2.75, 3.05) is 23.7 Å². The van der Waals surface area contributed by atoms with E-state index in [1.807, 2.05) is 28.8 Å². The Morgan fingerprint density at radius 1 is 1.32 bits per heavy atom. The van der Waals surface area contributed by atoms with Crippen molar-refractivity contribution in [3.05, 3.63) is 24.3 Å². The molecule has 2 aliphatic rings. The summed E-state index contributed by atoms with van der Waals surface area (Å²) in [6.45, 7) is 1.29. The van der Waals surface area contributed by atoms with Crippen molar-refractivity contribution in [2.24, 2.45) is 11.1 Å². The maximum absolute atomic E-state index is 13.0. The highest BCUT2D eigenvalue weighted by atomic mass is 32.2. The molecular formula is C15H20N2OS. The van der Waals surface area contributed by atoms with Gasteiger partial charge < -0.3 is 10.6 Å². The number of anilines is 1. The smallest absolute Gasteiger partial charge is 0.234 e. The first-order chi connectivity index (χ1) is 9.27. The summed E-state index contributed by atoms with van der Waals surface area (Å²) in [5.41, 5.74) is 6.72. The van der Waals surface area contributed by atoms with E-state index < -0.39 is 0 Å². The maximum Gasteiger partial charge on any atom is 0.234 e. The topological polar surface area (TPSA) is 46.3 Å². The van der Waals surface area contributed by atoms with Crippen molar-refractivity contribution in [1.82, 2.24) is 0 Å². The maximum atomic E-state index is 13.0. The number of fused-ring (bicyclic) bond motifs is 1. The molecule has 0 radical (unpaired) electrons. The fourth-order valence-corrected chi connectivity index (χ4v) is 4.22. The Morgan fingerprint density at radius 2 is 2.05 bits per heavy atom. The standard InChI is InChI=1S/C15H20N2OS/c16-11-15(7-3-4-8-15)14(18)17-9-10-19-13-6-2-1-5-12(13)17/h1-2,5-6H,3-4,7-11,16H2.